The Kier molecular flexibility index (Phi) is 8.19. The van der Waals surface area contributed by atoms with Crippen molar-refractivity contribution in [2.45, 2.75) is 0 Å². The summed E-state index contributed by atoms with van der Waals surface area (Å²) in [6.45, 7) is 0. The van der Waals surface area contributed by atoms with Crippen LogP contribution in [0.4, 0.5) is 17.1 Å². The van der Waals surface area contributed by atoms with Crippen LogP contribution in [-0.4, -0.2) is 0 Å². The van der Waals surface area contributed by atoms with Gasteiger partial charge in [-0.1, -0.05) is 176 Å². The Morgan fingerprint density at radius 2 is 0.931 bits per heavy atom. The van der Waals surface area contributed by atoms with Crippen LogP contribution < -0.4 is 4.90 Å². The quantitative estimate of drug-likeness (QED) is 0.162. The first-order valence-corrected chi connectivity index (χ1v) is 19.8. The minimum atomic E-state index is 0.863. The van der Waals surface area contributed by atoms with Gasteiger partial charge in [0, 0.05) is 22.2 Å². The summed E-state index contributed by atoms with van der Waals surface area (Å²) in [6.07, 6.45) is 0. The third-order valence-corrected chi connectivity index (χ3v) is 11.5. The molecule has 0 amide bonds. The fourth-order valence-electron chi connectivity index (χ4n) is 8.67. The van der Waals surface area contributed by atoms with E-state index in [2.05, 4.69) is 229 Å². The zero-order valence-corrected chi connectivity index (χ0v) is 31.7. The first-order chi connectivity index (χ1) is 28.8. The Morgan fingerprint density at radius 1 is 0.310 bits per heavy atom. The lowest BCUT2D eigenvalue weighted by Crippen LogP contribution is -2.11. The zero-order valence-electron chi connectivity index (χ0n) is 31.7. The number of hydrogen-bond acceptors (Lipinski definition) is 2. The van der Waals surface area contributed by atoms with E-state index in [4.69, 9.17) is 4.42 Å². The molecule has 0 unspecified atom stereocenters. The molecule has 0 aliphatic rings. The lowest BCUT2D eigenvalue weighted by molar-refractivity contribution is 0.670. The molecule has 2 heteroatoms. The van der Waals surface area contributed by atoms with E-state index < -0.39 is 0 Å². The topological polar surface area (TPSA) is 16.4 Å². The fraction of sp³-hybridized carbons (Fsp3) is 0. The van der Waals surface area contributed by atoms with Crippen molar-refractivity contribution in [3.8, 4) is 44.5 Å². The lowest BCUT2D eigenvalue weighted by Gasteiger charge is -2.29. The molecule has 0 bridgehead atoms. The molecule has 2 nitrogen and oxygen atoms in total. The van der Waals surface area contributed by atoms with E-state index in [0.29, 0.717) is 0 Å². The molecule has 0 radical (unpaired) electrons. The van der Waals surface area contributed by atoms with Gasteiger partial charge in [0.2, 0.25) is 0 Å². The molecule has 0 aliphatic carbocycles. The van der Waals surface area contributed by atoms with Gasteiger partial charge in [0.05, 0.1) is 16.8 Å². The third kappa shape index (κ3) is 5.82. The van der Waals surface area contributed by atoms with Gasteiger partial charge in [0.1, 0.15) is 11.2 Å². The number of nitrogens with zero attached hydrogens (tertiary/aromatic N) is 1. The maximum Gasteiger partial charge on any atom is 0.145 e. The van der Waals surface area contributed by atoms with Crippen molar-refractivity contribution in [2.24, 2.45) is 0 Å². The number of hydrogen-bond donors (Lipinski definition) is 0. The monoisotopic (exact) mass is 739 g/mol. The SMILES string of the molecule is c1ccc(-c2cccc(-c3ccccc3N(c3ccc(-c4cccc5ccccc45)cc3)c3ccc(-c4ccc5ccccc5c4)c4oc5ccccc5c34)c2)cc1. The van der Waals surface area contributed by atoms with Crippen LogP contribution in [-0.2, 0) is 0 Å². The van der Waals surface area contributed by atoms with Crippen LogP contribution in [0.15, 0.2) is 229 Å². The predicted molar refractivity (Wildman–Crippen MR) is 245 cm³/mol. The van der Waals surface area contributed by atoms with E-state index in [1.807, 2.05) is 0 Å². The average molecular weight is 740 g/mol. The highest BCUT2D eigenvalue weighted by atomic mass is 16.3. The van der Waals surface area contributed by atoms with Gasteiger partial charge in [-0.25, -0.2) is 0 Å². The summed E-state index contributed by atoms with van der Waals surface area (Å²) in [5.41, 5.74) is 14.2. The van der Waals surface area contributed by atoms with Crippen molar-refractivity contribution < 1.29 is 4.42 Å². The maximum atomic E-state index is 6.88. The second-order valence-electron chi connectivity index (χ2n) is 14.9. The highest BCUT2D eigenvalue weighted by molar-refractivity contribution is 6.17. The molecule has 0 fully saturated rings. The van der Waals surface area contributed by atoms with Gasteiger partial charge in [-0.3, -0.25) is 0 Å². The molecular weight excluding hydrogens is 703 g/mol. The minimum Gasteiger partial charge on any atom is -0.455 e. The fourth-order valence-corrected chi connectivity index (χ4v) is 8.67. The van der Waals surface area contributed by atoms with E-state index in [-0.39, 0.29) is 0 Å². The van der Waals surface area contributed by atoms with Crippen LogP contribution in [0.2, 0.25) is 0 Å². The van der Waals surface area contributed by atoms with E-state index in [0.717, 1.165) is 61.3 Å². The molecule has 0 atom stereocenters. The summed E-state index contributed by atoms with van der Waals surface area (Å²) in [5.74, 6) is 0. The highest BCUT2D eigenvalue weighted by Gasteiger charge is 2.24. The highest BCUT2D eigenvalue weighted by Crippen LogP contribution is 2.49. The van der Waals surface area contributed by atoms with Crippen molar-refractivity contribution in [1.82, 2.24) is 0 Å². The maximum absolute atomic E-state index is 6.88. The molecule has 11 rings (SSSR count). The van der Waals surface area contributed by atoms with Gasteiger partial charge in [-0.15, -0.1) is 0 Å². The van der Waals surface area contributed by atoms with Crippen molar-refractivity contribution >= 4 is 60.5 Å². The molecule has 10 aromatic carbocycles. The third-order valence-electron chi connectivity index (χ3n) is 11.5. The largest absolute Gasteiger partial charge is 0.455 e. The Bertz CT molecular complexity index is 3280. The second-order valence-corrected chi connectivity index (χ2v) is 14.9. The normalized spacial score (nSPS) is 11.4. The molecule has 1 heterocycles. The van der Waals surface area contributed by atoms with Crippen molar-refractivity contribution in [1.29, 1.82) is 0 Å². The van der Waals surface area contributed by atoms with E-state index in [9.17, 15) is 0 Å². The van der Waals surface area contributed by atoms with Crippen LogP contribution in [0, 0.1) is 0 Å². The lowest BCUT2D eigenvalue weighted by atomic mass is 9.95. The zero-order chi connectivity index (χ0) is 38.4. The minimum absolute atomic E-state index is 0.863. The molecule has 0 saturated carbocycles. The Hall–Kier alpha value is -7.68. The van der Waals surface area contributed by atoms with E-state index in [1.54, 1.807) is 0 Å². The average Bonchev–Trinajstić information content (AvgIpc) is 3.70. The molecule has 0 saturated heterocycles. The smallest absolute Gasteiger partial charge is 0.145 e. The Morgan fingerprint density at radius 3 is 1.81 bits per heavy atom. The van der Waals surface area contributed by atoms with Crippen LogP contribution in [0.1, 0.15) is 0 Å². The second kappa shape index (κ2) is 14.1. The van der Waals surface area contributed by atoms with Crippen LogP contribution >= 0.6 is 0 Å². The van der Waals surface area contributed by atoms with Crippen molar-refractivity contribution in [2.75, 3.05) is 4.90 Å². The number of rotatable bonds is 7. The predicted octanol–water partition coefficient (Wildman–Crippen LogP) is 16.0. The number of anilines is 3. The first-order valence-electron chi connectivity index (χ1n) is 19.8. The number of furan rings is 1. The van der Waals surface area contributed by atoms with E-state index >= 15 is 0 Å². The number of fused-ring (bicyclic) bond motifs is 5. The van der Waals surface area contributed by atoms with Crippen molar-refractivity contribution in [3.05, 3.63) is 224 Å². The summed E-state index contributed by atoms with van der Waals surface area (Å²) in [6, 6.07) is 80.6. The molecule has 11 aromatic rings. The van der Waals surface area contributed by atoms with Gasteiger partial charge in [0.25, 0.3) is 0 Å². The molecular formula is C56H37NO. The summed E-state index contributed by atoms with van der Waals surface area (Å²) in [7, 11) is 0. The molecule has 0 spiro atoms. The standard InChI is InChI=1S/C56H37NO/c1-2-14-38(15-3-1)43-20-12-21-44(36-43)49-23-8-10-26-52(49)57(46-32-30-41(31-33-46)48-25-13-19-40-17-6-7-22-47(40)48)53-35-34-50(45-29-28-39-16-4-5-18-42(39)37-45)56-55(53)51-24-9-11-27-54(51)58-56/h1-37H. The van der Waals surface area contributed by atoms with Gasteiger partial charge >= 0.3 is 0 Å². The summed E-state index contributed by atoms with van der Waals surface area (Å²) in [5, 5.41) is 7.05. The molecule has 1 aromatic heterocycles. The molecule has 58 heavy (non-hydrogen) atoms. The van der Waals surface area contributed by atoms with Crippen molar-refractivity contribution in [3.63, 3.8) is 0 Å². The Balaban J connectivity index is 1.15. The first kappa shape index (κ1) is 33.6. The van der Waals surface area contributed by atoms with Crippen LogP contribution in [0.25, 0.3) is 88.0 Å². The van der Waals surface area contributed by atoms with Gasteiger partial charge in [-0.05, 0) is 103 Å². The Labute approximate surface area is 337 Å². The summed E-state index contributed by atoms with van der Waals surface area (Å²) >= 11 is 0. The van der Waals surface area contributed by atoms with Gasteiger partial charge in [-0.2, -0.15) is 0 Å². The summed E-state index contributed by atoms with van der Waals surface area (Å²) < 4.78 is 6.88. The molecule has 0 N–H and O–H groups in total. The molecule has 272 valence electrons. The number of para-hydroxylation sites is 2. The van der Waals surface area contributed by atoms with Gasteiger partial charge < -0.3 is 9.32 Å². The molecule has 0 aliphatic heterocycles. The van der Waals surface area contributed by atoms with Crippen LogP contribution in [0.5, 0.6) is 0 Å². The van der Waals surface area contributed by atoms with E-state index in [1.165, 1.54) is 43.8 Å². The number of benzene rings is 10. The van der Waals surface area contributed by atoms with Crippen LogP contribution in [0.3, 0.4) is 0 Å². The summed E-state index contributed by atoms with van der Waals surface area (Å²) in [4.78, 5) is 2.42. The van der Waals surface area contributed by atoms with Gasteiger partial charge in [0.15, 0.2) is 0 Å².